The normalized spacial score (nSPS) is 33.5. The fourth-order valence-corrected chi connectivity index (χ4v) is 11.2. The lowest BCUT2D eigenvalue weighted by molar-refractivity contribution is 0.297. The lowest BCUT2D eigenvalue weighted by Gasteiger charge is -2.48. The van der Waals surface area contributed by atoms with E-state index in [1.165, 1.54) is 135 Å². The minimum atomic E-state index is -0.292. The van der Waals surface area contributed by atoms with Crippen molar-refractivity contribution in [2.45, 2.75) is 208 Å². The van der Waals surface area contributed by atoms with E-state index in [4.69, 9.17) is 15.6 Å². The zero-order chi connectivity index (χ0) is 29.6. The maximum absolute atomic E-state index is 7.04. The molecule has 3 fully saturated rings. The molecule has 0 aromatic heterocycles. The second-order valence-corrected chi connectivity index (χ2v) is 17.2. The molecule has 2 bridgehead atoms. The van der Waals surface area contributed by atoms with E-state index in [2.05, 4.69) is 64.0 Å². The van der Waals surface area contributed by atoms with Crippen molar-refractivity contribution in [3.8, 4) is 0 Å². The second kappa shape index (κ2) is 19.5. The van der Waals surface area contributed by atoms with E-state index in [1.54, 1.807) is 0 Å². The first-order valence-electron chi connectivity index (χ1n) is 18.3. The summed E-state index contributed by atoms with van der Waals surface area (Å²) in [5.74, 6) is 2.26. The third-order valence-electron chi connectivity index (χ3n) is 11.8. The molecule has 0 N–H and O–H groups in total. The fraction of sp³-hybridized carbons (Fsp3) is 1.00. The molecule has 6 unspecified atom stereocenters. The molecule has 1 aliphatic heterocycles. The summed E-state index contributed by atoms with van der Waals surface area (Å²) in [6, 6.07) is 0. The SMILES string of the molecule is [B]B(C([B])(C)CC)C(C)(CC)C1CCCCC2[B]SC3CCCCCCCCCCCC3S[B]C(CCCC1)CC2. The van der Waals surface area contributed by atoms with Crippen LogP contribution in [0.5, 0.6) is 0 Å². The smallest absolute Gasteiger partial charge is 0.195 e. The van der Waals surface area contributed by atoms with Crippen LogP contribution in [-0.4, -0.2) is 45.8 Å². The molecule has 3 aliphatic rings. The predicted molar refractivity (Wildman–Crippen MR) is 197 cm³/mol. The van der Waals surface area contributed by atoms with Crippen LogP contribution in [-0.2, 0) is 0 Å². The van der Waals surface area contributed by atoms with Gasteiger partial charge in [0.2, 0.25) is 0 Å². The molecule has 0 nitrogen and oxygen atoms in total. The maximum atomic E-state index is 7.04. The van der Waals surface area contributed by atoms with E-state index in [-0.39, 0.29) is 17.1 Å². The average Bonchev–Trinajstić information content (AvgIpc) is 3.01. The van der Waals surface area contributed by atoms with Crippen LogP contribution in [0.25, 0.3) is 0 Å². The average molecular weight is 590 g/mol. The van der Waals surface area contributed by atoms with Gasteiger partial charge in [0, 0.05) is 18.2 Å². The van der Waals surface area contributed by atoms with Gasteiger partial charge in [-0.2, -0.15) is 0 Å². The molecule has 2 aliphatic carbocycles. The molecule has 0 aromatic rings. The highest BCUT2D eigenvalue weighted by Gasteiger charge is 2.44. The van der Waals surface area contributed by atoms with Crippen molar-refractivity contribution in [2.24, 2.45) is 5.92 Å². The molecule has 3 rings (SSSR count). The Bertz CT molecular complexity index is 656. The van der Waals surface area contributed by atoms with Crippen LogP contribution in [0, 0.1) is 5.92 Å². The summed E-state index contributed by atoms with van der Waals surface area (Å²) >= 11 is 4.56. The van der Waals surface area contributed by atoms with Crippen LogP contribution in [0.3, 0.4) is 0 Å². The molecule has 0 aromatic carbocycles. The topological polar surface area (TPSA) is 0 Å². The van der Waals surface area contributed by atoms with Gasteiger partial charge < -0.3 is 0 Å². The molecular formula is C34H63B5S2. The largest absolute Gasteiger partial charge is 0.213 e. The van der Waals surface area contributed by atoms with Gasteiger partial charge in [-0.25, -0.2) is 23.2 Å². The van der Waals surface area contributed by atoms with Gasteiger partial charge in [-0.1, -0.05) is 185 Å². The Morgan fingerprint density at radius 1 is 0.585 bits per heavy atom. The van der Waals surface area contributed by atoms with Crippen LogP contribution in [0.4, 0.5) is 0 Å². The summed E-state index contributed by atoms with van der Waals surface area (Å²) in [4.78, 5) is 0. The summed E-state index contributed by atoms with van der Waals surface area (Å²) in [5, 5.41) is 1.45. The lowest BCUT2D eigenvalue weighted by atomic mass is 9.07. The van der Waals surface area contributed by atoms with Gasteiger partial charge in [-0.05, 0) is 18.8 Å². The molecule has 41 heavy (non-hydrogen) atoms. The van der Waals surface area contributed by atoms with Crippen LogP contribution in [0.15, 0.2) is 0 Å². The summed E-state index contributed by atoms with van der Waals surface area (Å²) in [6.45, 7) is 14.8. The van der Waals surface area contributed by atoms with Gasteiger partial charge in [0.15, 0.2) is 13.1 Å². The first-order chi connectivity index (χ1) is 19.8. The molecule has 1 heterocycles. The summed E-state index contributed by atoms with van der Waals surface area (Å²) in [7, 11) is 13.8. The Hall–Kier alpha value is 1.02. The highest BCUT2D eigenvalue weighted by atomic mass is 32.2. The van der Waals surface area contributed by atoms with Gasteiger partial charge in [0.1, 0.15) is 0 Å². The molecule has 7 heteroatoms. The van der Waals surface area contributed by atoms with E-state index in [9.17, 15) is 0 Å². The zero-order valence-corrected chi connectivity index (χ0v) is 29.5. The van der Waals surface area contributed by atoms with Gasteiger partial charge in [0.25, 0.3) is 0 Å². The van der Waals surface area contributed by atoms with Crippen molar-refractivity contribution in [1.82, 2.24) is 0 Å². The minimum absolute atomic E-state index is 0.0534. The third-order valence-corrected chi connectivity index (χ3v) is 14.9. The van der Waals surface area contributed by atoms with E-state index in [0.717, 1.165) is 35.0 Å². The monoisotopic (exact) mass is 590 g/mol. The number of rotatable bonds is 5. The summed E-state index contributed by atoms with van der Waals surface area (Å²) in [6.07, 6.45) is 31.7. The van der Waals surface area contributed by atoms with Crippen LogP contribution in [0.1, 0.15) is 175 Å². The first kappa shape index (κ1) is 36.5. The van der Waals surface area contributed by atoms with Crippen molar-refractivity contribution in [3.05, 3.63) is 0 Å². The van der Waals surface area contributed by atoms with Gasteiger partial charge in [0.05, 0.1) is 14.4 Å². The molecule has 1 saturated heterocycles. The van der Waals surface area contributed by atoms with Gasteiger partial charge in [-0.15, -0.1) is 0 Å². The molecule has 2 saturated carbocycles. The molecule has 0 amide bonds. The van der Waals surface area contributed by atoms with E-state index >= 15 is 0 Å². The summed E-state index contributed by atoms with van der Waals surface area (Å²) < 4.78 is 0. The maximum Gasteiger partial charge on any atom is 0.195 e. The molecule has 0 spiro atoms. The number of hydrogen-bond acceptors (Lipinski definition) is 2. The van der Waals surface area contributed by atoms with Crippen molar-refractivity contribution in [3.63, 3.8) is 0 Å². The van der Waals surface area contributed by atoms with Crippen molar-refractivity contribution >= 4 is 58.5 Å². The molecular weight excluding hydrogens is 527 g/mol. The third kappa shape index (κ3) is 12.0. The van der Waals surface area contributed by atoms with E-state index in [1.807, 2.05) is 0 Å². The fourth-order valence-electron chi connectivity index (χ4n) is 8.16. The van der Waals surface area contributed by atoms with Crippen LogP contribution >= 0.6 is 23.2 Å². The minimum Gasteiger partial charge on any atom is -0.213 e. The Balaban J connectivity index is 1.70. The van der Waals surface area contributed by atoms with Crippen LogP contribution in [0.2, 0.25) is 22.2 Å². The summed E-state index contributed by atoms with van der Waals surface area (Å²) in [5.41, 5.74) is 0. The Morgan fingerprint density at radius 3 is 1.39 bits per heavy atom. The highest BCUT2D eigenvalue weighted by molar-refractivity contribution is 8.26. The second-order valence-electron chi connectivity index (χ2n) is 14.9. The Labute approximate surface area is 271 Å². The lowest BCUT2D eigenvalue weighted by Crippen LogP contribution is -2.45. The Morgan fingerprint density at radius 2 is 0.976 bits per heavy atom. The molecule has 6 radical (unpaired) electrons. The van der Waals surface area contributed by atoms with E-state index < -0.39 is 0 Å². The van der Waals surface area contributed by atoms with Gasteiger partial charge in [-0.3, -0.25) is 0 Å². The number of fused-ring (bicyclic) bond motifs is 4. The zero-order valence-electron chi connectivity index (χ0n) is 27.9. The van der Waals surface area contributed by atoms with E-state index in [0.29, 0.717) is 5.92 Å². The number of hydrogen-bond donors (Lipinski definition) is 0. The molecule has 226 valence electrons. The predicted octanol–water partition coefficient (Wildman–Crippen LogP) is 11.5. The molecule has 6 atom stereocenters. The Kier molecular flexibility index (Phi) is 17.4. The first-order valence-corrected chi connectivity index (χ1v) is 20.2. The van der Waals surface area contributed by atoms with Gasteiger partial charge >= 0.3 is 0 Å². The van der Waals surface area contributed by atoms with Crippen molar-refractivity contribution in [2.75, 3.05) is 0 Å². The highest BCUT2D eigenvalue weighted by Crippen LogP contribution is 2.53. The quantitative estimate of drug-likeness (QED) is 0.293. The van der Waals surface area contributed by atoms with Crippen LogP contribution < -0.4 is 0 Å². The van der Waals surface area contributed by atoms with Crippen molar-refractivity contribution < 1.29 is 0 Å². The van der Waals surface area contributed by atoms with Crippen molar-refractivity contribution in [1.29, 1.82) is 0 Å². The standard InChI is InChI=1S/C34H63B5S2/c1-5-33(3,39(36)34(4,35)6-2)28-20-16-18-22-29-26-27-30(23-19-17-21-28)38-41-32-25-15-13-11-9-7-8-10-12-14-24-31(32)40-37-29/h28-32H,5-27H2,1-4H3.